The highest BCUT2D eigenvalue weighted by atomic mass is 16.5. The normalized spacial score (nSPS) is 18.7. The second-order valence-electron chi connectivity index (χ2n) is 3.92. The van der Waals surface area contributed by atoms with Crippen LogP contribution in [-0.2, 0) is 9.53 Å². The molecule has 0 saturated carbocycles. The monoisotopic (exact) mass is 251 g/mol. The van der Waals surface area contributed by atoms with Crippen molar-refractivity contribution in [3.05, 3.63) is 18.1 Å². The lowest BCUT2D eigenvalue weighted by Crippen LogP contribution is -2.36. The molecular weight excluding hydrogens is 238 g/mol. The molecule has 96 valence electrons. The number of aliphatic carboxylic acids is 1. The Labute approximate surface area is 103 Å². The van der Waals surface area contributed by atoms with Crippen LogP contribution in [0.25, 0.3) is 0 Å². The molecule has 0 bridgehead atoms. The highest BCUT2D eigenvalue weighted by Crippen LogP contribution is 2.23. The first-order valence-electron chi connectivity index (χ1n) is 5.54. The minimum atomic E-state index is -0.884. The maximum absolute atomic E-state index is 11.3. The van der Waals surface area contributed by atoms with Crippen molar-refractivity contribution in [1.82, 2.24) is 9.97 Å². The number of ether oxygens (including phenoxy) is 1. The number of aromatic nitrogens is 2. The molecule has 7 heteroatoms. The van der Waals surface area contributed by atoms with Crippen molar-refractivity contribution in [1.29, 1.82) is 0 Å². The van der Waals surface area contributed by atoms with Gasteiger partial charge in [-0.2, -0.15) is 0 Å². The fourth-order valence-corrected chi connectivity index (χ4v) is 2.00. The fourth-order valence-electron chi connectivity index (χ4n) is 2.00. The van der Waals surface area contributed by atoms with Gasteiger partial charge in [0.1, 0.15) is 11.9 Å². The molecule has 0 aromatic carbocycles. The summed E-state index contributed by atoms with van der Waals surface area (Å²) in [7, 11) is 1.24. The van der Waals surface area contributed by atoms with Crippen LogP contribution in [0.4, 0.5) is 5.82 Å². The Kier molecular flexibility index (Phi) is 3.40. The standard InChI is InChI=1S/C11H13N3O4/c1-18-11(17)9-12-5-4-8(13-9)14-6-2-3-7(14)10(15)16/h4-5,7H,2-3,6H2,1H3,(H,15,16). The van der Waals surface area contributed by atoms with Gasteiger partial charge in [-0.05, 0) is 18.9 Å². The smallest absolute Gasteiger partial charge is 0.376 e. The third-order valence-electron chi connectivity index (χ3n) is 2.84. The zero-order valence-electron chi connectivity index (χ0n) is 9.87. The van der Waals surface area contributed by atoms with Crippen LogP contribution in [-0.4, -0.2) is 46.7 Å². The van der Waals surface area contributed by atoms with Crippen LogP contribution in [0.5, 0.6) is 0 Å². The predicted molar refractivity (Wildman–Crippen MR) is 61.4 cm³/mol. The van der Waals surface area contributed by atoms with Crippen LogP contribution >= 0.6 is 0 Å². The Morgan fingerprint density at radius 2 is 2.33 bits per heavy atom. The molecule has 18 heavy (non-hydrogen) atoms. The molecule has 1 N–H and O–H groups in total. The Balaban J connectivity index is 2.28. The lowest BCUT2D eigenvalue weighted by Gasteiger charge is -2.22. The Hall–Kier alpha value is -2.18. The van der Waals surface area contributed by atoms with Crippen LogP contribution in [0.1, 0.15) is 23.5 Å². The molecule has 1 aromatic rings. The first-order valence-corrected chi connectivity index (χ1v) is 5.54. The first kappa shape index (κ1) is 12.3. The molecule has 7 nitrogen and oxygen atoms in total. The van der Waals surface area contributed by atoms with Crippen molar-refractivity contribution in [2.75, 3.05) is 18.6 Å². The molecule has 1 fully saturated rings. The molecule has 1 unspecified atom stereocenters. The maximum Gasteiger partial charge on any atom is 0.376 e. The Morgan fingerprint density at radius 3 is 3.00 bits per heavy atom. The van der Waals surface area contributed by atoms with Crippen LogP contribution in [0, 0.1) is 0 Å². The topological polar surface area (TPSA) is 92.6 Å². The molecule has 1 aromatic heterocycles. The minimum Gasteiger partial charge on any atom is -0.480 e. The number of anilines is 1. The number of rotatable bonds is 3. The number of nitrogens with zero attached hydrogens (tertiary/aromatic N) is 3. The average molecular weight is 251 g/mol. The van der Waals surface area contributed by atoms with Gasteiger partial charge >= 0.3 is 11.9 Å². The molecule has 0 spiro atoms. The summed E-state index contributed by atoms with van der Waals surface area (Å²) in [6, 6.07) is 0.999. The summed E-state index contributed by atoms with van der Waals surface area (Å²) in [6.45, 7) is 0.606. The molecule has 1 atom stereocenters. The van der Waals surface area contributed by atoms with E-state index < -0.39 is 18.0 Å². The number of carboxylic acid groups (broad SMARTS) is 1. The molecule has 1 aliphatic heterocycles. The Morgan fingerprint density at radius 1 is 1.56 bits per heavy atom. The quantitative estimate of drug-likeness (QED) is 0.773. The number of carbonyl (C=O) groups excluding carboxylic acids is 1. The summed E-state index contributed by atoms with van der Waals surface area (Å²) >= 11 is 0. The fraction of sp³-hybridized carbons (Fsp3) is 0.455. The molecular formula is C11H13N3O4. The second kappa shape index (κ2) is 4.99. The summed E-state index contributed by atoms with van der Waals surface area (Å²) in [5.74, 6) is -1.14. The van der Waals surface area contributed by atoms with Crippen LogP contribution in [0.15, 0.2) is 12.3 Å². The van der Waals surface area contributed by atoms with Gasteiger partial charge in [-0.25, -0.2) is 19.6 Å². The van der Waals surface area contributed by atoms with Crippen molar-refractivity contribution in [3.63, 3.8) is 0 Å². The van der Waals surface area contributed by atoms with E-state index in [-0.39, 0.29) is 5.82 Å². The van der Waals surface area contributed by atoms with Gasteiger partial charge in [-0.3, -0.25) is 0 Å². The number of methoxy groups -OCH3 is 1. The third kappa shape index (κ3) is 2.24. The van der Waals surface area contributed by atoms with Gasteiger partial charge in [0.25, 0.3) is 0 Å². The van der Waals surface area contributed by atoms with Gasteiger partial charge < -0.3 is 14.7 Å². The van der Waals surface area contributed by atoms with Crippen molar-refractivity contribution in [3.8, 4) is 0 Å². The third-order valence-corrected chi connectivity index (χ3v) is 2.84. The van der Waals surface area contributed by atoms with Gasteiger partial charge in [0, 0.05) is 12.7 Å². The van der Waals surface area contributed by atoms with Crippen LogP contribution in [0.3, 0.4) is 0 Å². The molecule has 2 heterocycles. The highest BCUT2D eigenvalue weighted by Gasteiger charge is 2.31. The molecule has 1 aliphatic rings. The van der Waals surface area contributed by atoms with Crippen LogP contribution in [0.2, 0.25) is 0 Å². The van der Waals surface area contributed by atoms with E-state index in [9.17, 15) is 9.59 Å². The number of esters is 1. The molecule has 0 radical (unpaired) electrons. The van der Waals surface area contributed by atoms with E-state index in [1.165, 1.54) is 13.3 Å². The summed E-state index contributed by atoms with van der Waals surface area (Å²) in [6.07, 6.45) is 2.78. The van der Waals surface area contributed by atoms with Gasteiger partial charge in [0.2, 0.25) is 5.82 Å². The number of hydrogen-bond acceptors (Lipinski definition) is 6. The van der Waals surface area contributed by atoms with E-state index in [0.29, 0.717) is 18.8 Å². The lowest BCUT2D eigenvalue weighted by atomic mass is 10.2. The summed E-state index contributed by atoms with van der Waals surface area (Å²) in [5.41, 5.74) is 0. The second-order valence-corrected chi connectivity index (χ2v) is 3.92. The lowest BCUT2D eigenvalue weighted by molar-refractivity contribution is -0.138. The van der Waals surface area contributed by atoms with E-state index in [0.717, 1.165) is 6.42 Å². The maximum atomic E-state index is 11.3. The average Bonchev–Trinajstić information content (AvgIpc) is 2.87. The van der Waals surface area contributed by atoms with Crippen LogP contribution < -0.4 is 4.90 Å². The minimum absolute atomic E-state index is 0.0639. The predicted octanol–water partition coefficient (Wildman–Crippen LogP) is 0.317. The molecule has 0 aliphatic carbocycles. The highest BCUT2D eigenvalue weighted by molar-refractivity contribution is 5.85. The molecule has 1 saturated heterocycles. The van der Waals surface area contributed by atoms with Gasteiger partial charge in [-0.1, -0.05) is 0 Å². The number of carbonyl (C=O) groups is 2. The molecule has 0 amide bonds. The van der Waals surface area contributed by atoms with E-state index in [1.54, 1.807) is 11.0 Å². The Bertz CT molecular complexity index is 477. The van der Waals surface area contributed by atoms with Gasteiger partial charge in [-0.15, -0.1) is 0 Å². The number of hydrogen-bond donors (Lipinski definition) is 1. The summed E-state index contributed by atoms with van der Waals surface area (Å²) in [4.78, 5) is 31.9. The van der Waals surface area contributed by atoms with E-state index in [1.807, 2.05) is 0 Å². The van der Waals surface area contributed by atoms with E-state index in [4.69, 9.17) is 5.11 Å². The van der Waals surface area contributed by atoms with Crippen molar-refractivity contribution in [2.45, 2.75) is 18.9 Å². The summed E-state index contributed by atoms with van der Waals surface area (Å²) in [5, 5.41) is 9.09. The summed E-state index contributed by atoms with van der Waals surface area (Å²) < 4.78 is 4.53. The number of carboxylic acids is 1. The SMILES string of the molecule is COC(=O)c1nccc(N2CCCC2C(=O)O)n1. The zero-order valence-corrected chi connectivity index (χ0v) is 9.87. The first-order chi connectivity index (χ1) is 8.63. The van der Waals surface area contributed by atoms with Gasteiger partial charge in [0.05, 0.1) is 7.11 Å². The van der Waals surface area contributed by atoms with Crippen molar-refractivity contribution >= 4 is 17.8 Å². The zero-order chi connectivity index (χ0) is 13.1. The molecule has 2 rings (SSSR count). The van der Waals surface area contributed by atoms with E-state index in [2.05, 4.69) is 14.7 Å². The van der Waals surface area contributed by atoms with Crippen molar-refractivity contribution in [2.24, 2.45) is 0 Å². The van der Waals surface area contributed by atoms with E-state index >= 15 is 0 Å². The largest absolute Gasteiger partial charge is 0.480 e. The van der Waals surface area contributed by atoms with Gasteiger partial charge in [0.15, 0.2) is 0 Å². The van der Waals surface area contributed by atoms with Crippen molar-refractivity contribution < 1.29 is 19.4 Å².